The van der Waals surface area contributed by atoms with E-state index in [2.05, 4.69) is 217 Å². The predicted molar refractivity (Wildman–Crippen MR) is 254 cm³/mol. The number of benzene rings is 10. The highest BCUT2D eigenvalue weighted by molar-refractivity contribution is 6.33. The minimum Gasteiger partial charge on any atom is -0.309 e. The molecule has 0 aliphatic carbocycles. The van der Waals surface area contributed by atoms with E-state index in [0.717, 1.165) is 56.0 Å². The van der Waals surface area contributed by atoms with Gasteiger partial charge in [0.25, 0.3) is 0 Å². The largest absolute Gasteiger partial charge is 0.309 e. The van der Waals surface area contributed by atoms with Crippen LogP contribution in [0, 0.1) is 0 Å². The Morgan fingerprint density at radius 1 is 0.367 bits per heavy atom. The number of rotatable bonds is 6. The second kappa shape index (κ2) is 13.9. The first-order chi connectivity index (χ1) is 29.7. The van der Waals surface area contributed by atoms with Crippen molar-refractivity contribution in [3.05, 3.63) is 229 Å². The van der Waals surface area contributed by atoms with Gasteiger partial charge in [-0.2, -0.15) is 0 Å². The summed E-state index contributed by atoms with van der Waals surface area (Å²) in [7, 11) is 0. The second-order valence-corrected chi connectivity index (χ2v) is 15.7. The lowest BCUT2D eigenvalue weighted by Gasteiger charge is -2.16. The first kappa shape index (κ1) is 34.2. The SMILES string of the molecule is C1=C(c2ccccc2)N=C(c2cc(-c3ccccc3)cc(-c3ccccc3)c2)N=C(c2ccccc2-n2c3ccccc3c3c4ccc5cccc6ccc(cc32)c4c65)C1. The van der Waals surface area contributed by atoms with Crippen molar-refractivity contribution in [3.8, 4) is 27.9 Å². The maximum atomic E-state index is 5.61. The normalized spacial score (nSPS) is 13.2. The van der Waals surface area contributed by atoms with Gasteiger partial charge < -0.3 is 4.57 Å². The molecule has 0 radical (unpaired) electrons. The summed E-state index contributed by atoms with van der Waals surface area (Å²) in [5, 5.41) is 10.2. The van der Waals surface area contributed by atoms with Gasteiger partial charge in [0.15, 0.2) is 5.84 Å². The molecule has 0 saturated heterocycles. The number of hydrogen-bond donors (Lipinski definition) is 0. The molecular formula is C57H37N3. The Morgan fingerprint density at radius 2 is 0.967 bits per heavy atom. The summed E-state index contributed by atoms with van der Waals surface area (Å²) >= 11 is 0. The highest BCUT2D eigenvalue weighted by atomic mass is 15.0. The molecule has 0 spiro atoms. The van der Waals surface area contributed by atoms with Gasteiger partial charge in [-0.25, -0.2) is 9.98 Å². The average molecular weight is 764 g/mol. The highest BCUT2D eigenvalue weighted by Crippen LogP contribution is 2.43. The molecule has 0 bridgehead atoms. The minimum atomic E-state index is 0.612. The van der Waals surface area contributed by atoms with Crippen LogP contribution in [0.1, 0.15) is 23.1 Å². The molecule has 0 N–H and O–H groups in total. The number of allylic oxidation sites excluding steroid dienone is 1. The van der Waals surface area contributed by atoms with E-state index in [-0.39, 0.29) is 0 Å². The Bertz CT molecular complexity index is 3460. The van der Waals surface area contributed by atoms with Crippen LogP contribution in [0.25, 0.3) is 87.8 Å². The van der Waals surface area contributed by atoms with Crippen molar-refractivity contribution >= 4 is 71.4 Å². The van der Waals surface area contributed by atoms with Crippen LogP contribution >= 0.6 is 0 Å². The predicted octanol–water partition coefficient (Wildman–Crippen LogP) is 14.7. The van der Waals surface area contributed by atoms with Gasteiger partial charge in [-0.3, -0.25) is 0 Å². The van der Waals surface area contributed by atoms with E-state index >= 15 is 0 Å². The highest BCUT2D eigenvalue weighted by Gasteiger charge is 2.22. The molecule has 0 amide bonds. The molecule has 3 nitrogen and oxygen atoms in total. The Hall–Kier alpha value is -7.88. The maximum absolute atomic E-state index is 5.61. The number of nitrogens with zero attached hydrogens (tertiary/aromatic N) is 3. The summed E-state index contributed by atoms with van der Waals surface area (Å²) in [6, 6.07) is 74.3. The zero-order valence-electron chi connectivity index (χ0n) is 32.8. The third kappa shape index (κ3) is 5.59. The van der Waals surface area contributed by atoms with Gasteiger partial charge in [0.05, 0.1) is 28.1 Å². The van der Waals surface area contributed by atoms with Gasteiger partial charge in [0.2, 0.25) is 0 Å². The van der Waals surface area contributed by atoms with E-state index in [0.29, 0.717) is 12.3 Å². The van der Waals surface area contributed by atoms with Gasteiger partial charge >= 0.3 is 0 Å². The molecule has 3 heteroatoms. The summed E-state index contributed by atoms with van der Waals surface area (Å²) in [6.45, 7) is 0. The number of fused-ring (bicyclic) bond motifs is 4. The number of aromatic nitrogens is 1. The van der Waals surface area contributed by atoms with Gasteiger partial charge in [-0.1, -0.05) is 176 Å². The van der Waals surface area contributed by atoms with Gasteiger partial charge in [0, 0.05) is 28.3 Å². The topological polar surface area (TPSA) is 29.6 Å². The van der Waals surface area contributed by atoms with E-state index in [9.17, 15) is 0 Å². The Labute approximate surface area is 347 Å². The van der Waals surface area contributed by atoms with Crippen molar-refractivity contribution in [1.29, 1.82) is 0 Å². The maximum Gasteiger partial charge on any atom is 0.160 e. The van der Waals surface area contributed by atoms with E-state index in [1.54, 1.807) is 0 Å². The molecule has 1 aliphatic heterocycles. The molecular weight excluding hydrogens is 727 g/mol. The van der Waals surface area contributed by atoms with Crippen LogP contribution in [0.2, 0.25) is 0 Å². The molecule has 1 aromatic heterocycles. The summed E-state index contributed by atoms with van der Waals surface area (Å²) in [4.78, 5) is 11.0. The summed E-state index contributed by atoms with van der Waals surface area (Å²) in [6.07, 6.45) is 2.86. The lowest BCUT2D eigenvalue weighted by molar-refractivity contribution is 1.17. The standard InChI is InChI=1S/C57H37N3/c1-4-15-37(16-5-1)43-33-44(38-17-6-2-7-18-38)35-45(34-43)57-58-49(39-19-8-3-9-20-39)31-32-50(59-57)46-23-10-12-25-51(46)60-52-26-13-11-24-47(52)56-48-30-29-41-22-14-21-40-27-28-42(36-53(56)60)55(48)54(40)41/h1-31,33-36H,32H2. The van der Waals surface area contributed by atoms with Crippen LogP contribution in [-0.2, 0) is 0 Å². The second-order valence-electron chi connectivity index (χ2n) is 15.7. The molecule has 0 unspecified atom stereocenters. The van der Waals surface area contributed by atoms with Gasteiger partial charge in [-0.05, 0) is 96.5 Å². The van der Waals surface area contributed by atoms with E-state index in [1.807, 2.05) is 0 Å². The van der Waals surface area contributed by atoms with Crippen molar-refractivity contribution in [2.24, 2.45) is 9.98 Å². The van der Waals surface area contributed by atoms with Crippen LogP contribution in [0.15, 0.2) is 222 Å². The zero-order chi connectivity index (χ0) is 39.6. The van der Waals surface area contributed by atoms with Crippen LogP contribution < -0.4 is 0 Å². The number of amidine groups is 1. The van der Waals surface area contributed by atoms with E-state index in [4.69, 9.17) is 9.98 Å². The Balaban J connectivity index is 1.10. The summed E-state index contributed by atoms with van der Waals surface area (Å²) < 4.78 is 2.46. The van der Waals surface area contributed by atoms with Crippen LogP contribution in [0.4, 0.5) is 0 Å². The van der Waals surface area contributed by atoms with E-state index in [1.165, 1.54) is 54.1 Å². The lowest BCUT2D eigenvalue weighted by Crippen LogP contribution is -2.09. The van der Waals surface area contributed by atoms with Gasteiger partial charge in [0.1, 0.15) is 0 Å². The third-order valence-electron chi connectivity index (χ3n) is 12.2. The third-order valence-corrected chi connectivity index (χ3v) is 12.2. The lowest BCUT2D eigenvalue weighted by atomic mass is 9.92. The zero-order valence-corrected chi connectivity index (χ0v) is 32.8. The number of hydrogen-bond acceptors (Lipinski definition) is 2. The van der Waals surface area contributed by atoms with Gasteiger partial charge in [-0.15, -0.1) is 0 Å². The smallest absolute Gasteiger partial charge is 0.160 e. The molecule has 0 fully saturated rings. The Morgan fingerprint density at radius 3 is 1.70 bits per heavy atom. The Kier molecular flexibility index (Phi) is 7.92. The van der Waals surface area contributed by atoms with Crippen LogP contribution in [0.3, 0.4) is 0 Å². The fourth-order valence-electron chi connectivity index (χ4n) is 9.43. The number of aliphatic imine (C=N–C) groups is 2. The van der Waals surface area contributed by atoms with Crippen LogP contribution in [-0.4, -0.2) is 16.1 Å². The molecule has 12 rings (SSSR count). The van der Waals surface area contributed by atoms with Crippen molar-refractivity contribution < 1.29 is 0 Å². The molecule has 60 heavy (non-hydrogen) atoms. The summed E-state index contributed by atoms with van der Waals surface area (Å²) in [5.41, 5.74) is 13.0. The molecule has 0 atom stereocenters. The fraction of sp³-hybridized carbons (Fsp3) is 0.0175. The van der Waals surface area contributed by atoms with Crippen molar-refractivity contribution in [2.75, 3.05) is 0 Å². The quantitative estimate of drug-likeness (QED) is 0.151. The van der Waals surface area contributed by atoms with Crippen molar-refractivity contribution in [2.45, 2.75) is 6.42 Å². The molecule has 280 valence electrons. The molecule has 1 aliphatic rings. The fourth-order valence-corrected chi connectivity index (χ4v) is 9.43. The first-order valence-corrected chi connectivity index (χ1v) is 20.6. The summed E-state index contributed by atoms with van der Waals surface area (Å²) in [5.74, 6) is 0.688. The van der Waals surface area contributed by atoms with Crippen LogP contribution in [0.5, 0.6) is 0 Å². The molecule has 2 heterocycles. The number of para-hydroxylation sites is 2. The minimum absolute atomic E-state index is 0.612. The van der Waals surface area contributed by atoms with E-state index < -0.39 is 0 Å². The molecule has 10 aromatic carbocycles. The first-order valence-electron chi connectivity index (χ1n) is 20.6. The monoisotopic (exact) mass is 763 g/mol. The average Bonchev–Trinajstić information content (AvgIpc) is 3.48. The van der Waals surface area contributed by atoms with Crippen molar-refractivity contribution in [1.82, 2.24) is 4.57 Å². The molecule has 0 saturated carbocycles. The molecule has 11 aromatic rings. The van der Waals surface area contributed by atoms with Crippen molar-refractivity contribution in [3.63, 3.8) is 0 Å².